The number of methoxy groups -OCH3 is 1. The normalized spacial score (nSPS) is 11.0. The van der Waals surface area contributed by atoms with Crippen LogP contribution in [0.5, 0.6) is 5.75 Å². The minimum atomic E-state index is -0.158. The van der Waals surface area contributed by atoms with Crippen LogP contribution >= 0.6 is 0 Å². The number of carbonyl (C=O) groups is 1. The zero-order valence-electron chi connectivity index (χ0n) is 16.8. The molecule has 0 saturated carbocycles. The molecule has 0 aliphatic carbocycles. The van der Waals surface area contributed by atoms with E-state index in [4.69, 9.17) is 4.74 Å². The number of nitrogens with zero attached hydrogens (tertiary/aromatic N) is 2. The second-order valence-corrected chi connectivity index (χ2v) is 6.90. The minimum absolute atomic E-state index is 0.0725. The van der Waals surface area contributed by atoms with Crippen LogP contribution in [0.1, 0.15) is 28.8 Å². The first-order chi connectivity index (χ1) is 13.4. The summed E-state index contributed by atoms with van der Waals surface area (Å²) in [5, 5.41) is 8.24. The number of fused-ring (bicyclic) bond motifs is 1. The number of para-hydroxylation sites is 1. The zero-order valence-corrected chi connectivity index (χ0v) is 16.8. The lowest BCUT2D eigenvalue weighted by molar-refractivity contribution is -0.121. The van der Waals surface area contributed by atoms with Crippen molar-refractivity contribution in [1.29, 1.82) is 0 Å². The Hall–Kier alpha value is -3.09. The van der Waals surface area contributed by atoms with Crippen LogP contribution in [-0.4, -0.2) is 34.3 Å². The van der Waals surface area contributed by atoms with Crippen LogP contribution in [0.2, 0.25) is 0 Å². The third kappa shape index (κ3) is 3.93. The Kier molecular flexibility index (Phi) is 5.82. The third-order valence-electron chi connectivity index (χ3n) is 5.07. The molecule has 0 radical (unpaired) electrons. The van der Waals surface area contributed by atoms with Gasteiger partial charge < -0.3 is 15.0 Å². The van der Waals surface area contributed by atoms with Crippen LogP contribution in [-0.2, 0) is 24.7 Å². The van der Waals surface area contributed by atoms with Crippen molar-refractivity contribution in [1.82, 2.24) is 20.1 Å². The minimum Gasteiger partial charge on any atom is -0.496 e. The molecule has 0 atom stereocenters. The number of aromatic amines is 1. The molecule has 28 heavy (non-hydrogen) atoms. The molecule has 7 nitrogen and oxygen atoms in total. The van der Waals surface area contributed by atoms with Crippen LogP contribution in [0, 0.1) is 13.8 Å². The molecule has 0 fully saturated rings. The molecule has 0 spiro atoms. The third-order valence-corrected chi connectivity index (χ3v) is 5.07. The van der Waals surface area contributed by atoms with E-state index >= 15 is 0 Å². The molecule has 2 aromatic heterocycles. The molecule has 0 saturated heterocycles. The van der Waals surface area contributed by atoms with Crippen molar-refractivity contribution in [3.8, 4) is 5.75 Å². The quantitative estimate of drug-likeness (QED) is 0.655. The molecule has 148 valence electrons. The van der Waals surface area contributed by atoms with Crippen LogP contribution in [0.15, 0.2) is 29.1 Å². The van der Waals surface area contributed by atoms with E-state index in [1.807, 2.05) is 38.1 Å². The SMILES string of the molecule is COc1ccccc1CCNC(=O)CCc1c(C)c2c(C)nn(C)c2[nH]c1=O. The van der Waals surface area contributed by atoms with Crippen LogP contribution in [0.25, 0.3) is 11.0 Å². The van der Waals surface area contributed by atoms with Gasteiger partial charge in [-0.15, -0.1) is 0 Å². The lowest BCUT2D eigenvalue weighted by Crippen LogP contribution is -2.27. The maximum atomic E-state index is 12.5. The fourth-order valence-electron chi connectivity index (χ4n) is 3.63. The number of carbonyl (C=O) groups excluding carboxylic acids is 1. The van der Waals surface area contributed by atoms with Gasteiger partial charge in [0.25, 0.3) is 5.56 Å². The molecule has 0 aliphatic heterocycles. The van der Waals surface area contributed by atoms with Crippen molar-refractivity contribution in [3.05, 3.63) is 57.0 Å². The number of benzene rings is 1. The first-order valence-corrected chi connectivity index (χ1v) is 9.36. The number of hydrogen-bond acceptors (Lipinski definition) is 4. The molecule has 2 heterocycles. The number of amides is 1. The molecule has 0 aliphatic rings. The number of pyridine rings is 1. The second kappa shape index (κ2) is 8.29. The van der Waals surface area contributed by atoms with E-state index in [1.54, 1.807) is 18.8 Å². The predicted octanol–water partition coefficient (Wildman–Crippen LogP) is 2.18. The molecule has 0 unspecified atom stereocenters. The molecule has 3 rings (SSSR count). The summed E-state index contributed by atoms with van der Waals surface area (Å²) in [7, 11) is 3.44. The Morgan fingerprint density at radius 1 is 1.25 bits per heavy atom. The van der Waals surface area contributed by atoms with E-state index in [2.05, 4.69) is 15.4 Å². The summed E-state index contributed by atoms with van der Waals surface area (Å²) in [6, 6.07) is 7.76. The van der Waals surface area contributed by atoms with Gasteiger partial charge in [0.2, 0.25) is 5.91 Å². The van der Waals surface area contributed by atoms with E-state index in [-0.39, 0.29) is 17.9 Å². The van der Waals surface area contributed by atoms with Gasteiger partial charge in [0.15, 0.2) is 0 Å². The Morgan fingerprint density at radius 2 is 2.00 bits per heavy atom. The monoisotopic (exact) mass is 382 g/mol. The topological polar surface area (TPSA) is 89.0 Å². The summed E-state index contributed by atoms with van der Waals surface area (Å²) in [4.78, 5) is 27.6. The van der Waals surface area contributed by atoms with E-state index in [0.29, 0.717) is 30.6 Å². The largest absolute Gasteiger partial charge is 0.496 e. The summed E-state index contributed by atoms with van der Waals surface area (Å²) < 4.78 is 7.00. The van der Waals surface area contributed by atoms with Crippen molar-refractivity contribution >= 4 is 16.9 Å². The summed E-state index contributed by atoms with van der Waals surface area (Å²) >= 11 is 0. The predicted molar refractivity (Wildman–Crippen MR) is 109 cm³/mol. The summed E-state index contributed by atoms with van der Waals surface area (Å²) in [5.41, 5.74) is 4.01. The number of ether oxygens (including phenoxy) is 1. The Morgan fingerprint density at radius 3 is 2.75 bits per heavy atom. The van der Waals surface area contributed by atoms with Gasteiger partial charge in [-0.2, -0.15) is 5.10 Å². The van der Waals surface area contributed by atoms with Gasteiger partial charge in [-0.3, -0.25) is 14.3 Å². The van der Waals surface area contributed by atoms with Crippen LogP contribution in [0.4, 0.5) is 0 Å². The van der Waals surface area contributed by atoms with Gasteiger partial charge in [0, 0.05) is 31.0 Å². The van der Waals surface area contributed by atoms with Gasteiger partial charge in [0.1, 0.15) is 11.4 Å². The number of aryl methyl sites for hydroxylation is 3. The van der Waals surface area contributed by atoms with Crippen molar-refractivity contribution in [2.75, 3.05) is 13.7 Å². The highest BCUT2D eigenvalue weighted by atomic mass is 16.5. The zero-order chi connectivity index (χ0) is 20.3. The average molecular weight is 382 g/mol. The molecular weight excluding hydrogens is 356 g/mol. The molecule has 2 N–H and O–H groups in total. The van der Waals surface area contributed by atoms with Gasteiger partial charge in [-0.1, -0.05) is 18.2 Å². The summed E-state index contributed by atoms with van der Waals surface area (Å²) in [5.74, 6) is 0.746. The number of hydrogen-bond donors (Lipinski definition) is 2. The number of aromatic nitrogens is 3. The highest BCUT2D eigenvalue weighted by Crippen LogP contribution is 2.21. The number of rotatable bonds is 7. The Balaban J connectivity index is 1.62. The van der Waals surface area contributed by atoms with Crippen LogP contribution in [0.3, 0.4) is 0 Å². The fraction of sp³-hybridized carbons (Fsp3) is 0.381. The molecule has 1 amide bonds. The highest BCUT2D eigenvalue weighted by Gasteiger charge is 2.15. The first-order valence-electron chi connectivity index (χ1n) is 9.36. The number of nitrogens with one attached hydrogen (secondary N) is 2. The van der Waals surface area contributed by atoms with Gasteiger partial charge >= 0.3 is 0 Å². The standard InChI is InChI=1S/C21H26N4O3/c1-13-16(21(27)23-20-19(13)14(2)24-25(20)3)9-10-18(26)22-12-11-15-7-5-6-8-17(15)28-4/h5-8H,9-12H2,1-4H3,(H,22,26)(H,23,27). The number of H-pyrrole nitrogens is 1. The fourth-order valence-corrected chi connectivity index (χ4v) is 3.63. The maximum Gasteiger partial charge on any atom is 0.253 e. The van der Waals surface area contributed by atoms with Crippen LogP contribution < -0.4 is 15.6 Å². The van der Waals surface area contributed by atoms with E-state index in [9.17, 15) is 9.59 Å². The van der Waals surface area contributed by atoms with Crippen molar-refractivity contribution in [2.45, 2.75) is 33.1 Å². The van der Waals surface area contributed by atoms with Crippen molar-refractivity contribution in [3.63, 3.8) is 0 Å². The van der Waals surface area contributed by atoms with Crippen molar-refractivity contribution in [2.24, 2.45) is 7.05 Å². The molecule has 0 bridgehead atoms. The summed E-state index contributed by atoms with van der Waals surface area (Å²) in [6.45, 7) is 4.36. The van der Waals surface area contributed by atoms with E-state index < -0.39 is 0 Å². The molecule has 3 aromatic rings. The van der Waals surface area contributed by atoms with Gasteiger partial charge in [-0.05, 0) is 43.9 Å². The van der Waals surface area contributed by atoms with Crippen molar-refractivity contribution < 1.29 is 9.53 Å². The van der Waals surface area contributed by atoms with Gasteiger partial charge in [0.05, 0.1) is 12.8 Å². The Labute approximate surface area is 163 Å². The van der Waals surface area contributed by atoms with E-state index in [1.165, 1.54) is 0 Å². The lowest BCUT2D eigenvalue weighted by Gasteiger charge is -2.10. The molecule has 1 aromatic carbocycles. The molecule has 7 heteroatoms. The molecular formula is C21H26N4O3. The summed E-state index contributed by atoms with van der Waals surface area (Å²) in [6.07, 6.45) is 1.35. The average Bonchev–Trinajstić information content (AvgIpc) is 2.95. The lowest BCUT2D eigenvalue weighted by atomic mass is 10.0. The first kappa shape index (κ1) is 19.7. The van der Waals surface area contributed by atoms with Gasteiger partial charge in [-0.25, -0.2) is 0 Å². The second-order valence-electron chi connectivity index (χ2n) is 6.90. The Bertz CT molecular complexity index is 1070. The highest BCUT2D eigenvalue weighted by molar-refractivity contribution is 5.83. The van der Waals surface area contributed by atoms with E-state index in [0.717, 1.165) is 28.0 Å². The smallest absolute Gasteiger partial charge is 0.253 e. The maximum absolute atomic E-state index is 12.5.